The monoisotopic (exact) mass is 436 g/mol. The summed E-state index contributed by atoms with van der Waals surface area (Å²) in [5, 5.41) is 19.5. The van der Waals surface area contributed by atoms with Crippen LogP contribution in [-0.2, 0) is 11.3 Å². The van der Waals surface area contributed by atoms with Gasteiger partial charge in [0.2, 0.25) is 5.91 Å². The molecule has 32 heavy (non-hydrogen) atoms. The molecule has 6 nitrogen and oxygen atoms in total. The largest absolute Gasteiger partial charge is 0.396 e. The lowest BCUT2D eigenvalue weighted by molar-refractivity contribution is -0.120. The molecule has 1 aliphatic rings. The second kappa shape index (κ2) is 12.9. The van der Waals surface area contributed by atoms with E-state index in [1.54, 1.807) is 0 Å². The Labute approximate surface area is 191 Å². The number of aliphatic imine (C=N–C) groups is 1. The predicted octanol–water partition coefficient (Wildman–Crippen LogP) is 4.04. The van der Waals surface area contributed by atoms with Gasteiger partial charge in [0.15, 0.2) is 5.96 Å². The van der Waals surface area contributed by atoms with Gasteiger partial charge in [-0.15, -0.1) is 0 Å². The third-order valence-corrected chi connectivity index (χ3v) is 5.94. The lowest BCUT2D eigenvalue weighted by atomic mass is 9.88. The van der Waals surface area contributed by atoms with Gasteiger partial charge >= 0.3 is 0 Å². The average molecular weight is 437 g/mol. The molecule has 0 bridgehead atoms. The van der Waals surface area contributed by atoms with Crippen molar-refractivity contribution in [1.82, 2.24) is 10.6 Å². The van der Waals surface area contributed by atoms with Crippen LogP contribution >= 0.6 is 0 Å². The molecule has 0 saturated heterocycles. The molecule has 4 N–H and O–H groups in total. The first kappa shape index (κ1) is 23.8. The Balaban J connectivity index is 1.58. The van der Waals surface area contributed by atoms with Crippen molar-refractivity contribution in [3.8, 4) is 0 Å². The summed E-state index contributed by atoms with van der Waals surface area (Å²) >= 11 is 0. The quantitative estimate of drug-likeness (QED) is 0.353. The zero-order valence-corrected chi connectivity index (χ0v) is 19.0. The Bertz CT molecular complexity index is 863. The number of benzene rings is 2. The molecule has 2 aromatic rings. The molecule has 3 rings (SSSR count). The van der Waals surface area contributed by atoms with Crippen LogP contribution < -0.4 is 16.0 Å². The fourth-order valence-corrected chi connectivity index (χ4v) is 4.10. The van der Waals surface area contributed by atoms with Crippen molar-refractivity contribution in [2.75, 3.05) is 25.0 Å². The van der Waals surface area contributed by atoms with Crippen LogP contribution in [0, 0.1) is 5.92 Å². The van der Waals surface area contributed by atoms with E-state index in [2.05, 4.69) is 16.0 Å². The van der Waals surface area contributed by atoms with Crippen molar-refractivity contribution < 1.29 is 9.90 Å². The topological polar surface area (TPSA) is 85.8 Å². The first-order valence-corrected chi connectivity index (χ1v) is 11.8. The predicted molar refractivity (Wildman–Crippen MR) is 131 cm³/mol. The van der Waals surface area contributed by atoms with Crippen LogP contribution in [0.5, 0.6) is 0 Å². The highest BCUT2D eigenvalue weighted by molar-refractivity contribution is 5.92. The molecule has 1 unspecified atom stereocenters. The summed E-state index contributed by atoms with van der Waals surface area (Å²) in [6.07, 6.45) is 5.52. The van der Waals surface area contributed by atoms with E-state index in [9.17, 15) is 9.90 Å². The minimum absolute atomic E-state index is 0.00150. The van der Waals surface area contributed by atoms with Crippen molar-refractivity contribution in [2.24, 2.45) is 10.9 Å². The molecule has 1 fully saturated rings. The van der Waals surface area contributed by atoms with Crippen molar-refractivity contribution in [1.29, 1.82) is 0 Å². The highest BCUT2D eigenvalue weighted by atomic mass is 16.3. The summed E-state index contributed by atoms with van der Waals surface area (Å²) in [6, 6.07) is 17.9. The number of nitrogens with one attached hydrogen (secondary N) is 3. The maximum Gasteiger partial charge on any atom is 0.227 e. The molecule has 0 radical (unpaired) electrons. The van der Waals surface area contributed by atoms with Crippen LogP contribution in [0.25, 0.3) is 0 Å². The van der Waals surface area contributed by atoms with E-state index in [1.807, 2.05) is 61.5 Å². The standard InChI is InChI=1S/C26H36N4O2/c1-2-27-26(29-18-23(19-31)21-11-5-3-6-12-21)28-17-20-10-9-15-24(16-20)30-25(32)22-13-7-4-8-14-22/h3,5-6,9-12,15-16,22-23,31H,2,4,7-8,13-14,17-19H2,1H3,(H,30,32)(H2,27,28,29). The molecule has 172 valence electrons. The molecule has 2 aromatic carbocycles. The SMILES string of the molecule is CCNC(=NCc1cccc(NC(=O)C2CCCCC2)c1)NCC(CO)c1ccccc1. The highest BCUT2D eigenvalue weighted by Crippen LogP contribution is 2.25. The van der Waals surface area contributed by atoms with E-state index in [0.717, 1.165) is 49.0 Å². The van der Waals surface area contributed by atoms with E-state index in [1.165, 1.54) is 6.42 Å². The molecule has 0 aliphatic heterocycles. The Morgan fingerprint density at radius 1 is 1.06 bits per heavy atom. The number of guanidine groups is 1. The second-order valence-electron chi connectivity index (χ2n) is 8.39. The van der Waals surface area contributed by atoms with Crippen LogP contribution in [0.3, 0.4) is 0 Å². The van der Waals surface area contributed by atoms with Crippen LogP contribution in [0.2, 0.25) is 0 Å². The molecule has 6 heteroatoms. The summed E-state index contributed by atoms with van der Waals surface area (Å²) in [5.41, 5.74) is 2.96. The molecular weight excluding hydrogens is 400 g/mol. The van der Waals surface area contributed by atoms with Crippen molar-refractivity contribution in [3.05, 3.63) is 65.7 Å². The summed E-state index contributed by atoms with van der Waals surface area (Å²) in [6.45, 7) is 3.93. The number of amides is 1. The van der Waals surface area contributed by atoms with Gasteiger partial charge in [0, 0.05) is 30.6 Å². The van der Waals surface area contributed by atoms with Gasteiger partial charge in [-0.1, -0.05) is 61.7 Å². The van der Waals surface area contributed by atoms with Gasteiger partial charge < -0.3 is 21.1 Å². The lowest BCUT2D eigenvalue weighted by Crippen LogP contribution is -2.39. The lowest BCUT2D eigenvalue weighted by Gasteiger charge is -2.20. The van der Waals surface area contributed by atoms with E-state index in [0.29, 0.717) is 19.0 Å². The molecule has 1 aliphatic carbocycles. The average Bonchev–Trinajstić information content (AvgIpc) is 2.84. The molecule has 0 spiro atoms. The number of anilines is 1. The molecule has 0 heterocycles. The normalized spacial score (nSPS) is 15.8. The maximum absolute atomic E-state index is 12.5. The van der Waals surface area contributed by atoms with Gasteiger partial charge in [-0.05, 0) is 43.0 Å². The van der Waals surface area contributed by atoms with E-state index < -0.39 is 0 Å². The molecule has 1 amide bonds. The Kier molecular flexibility index (Phi) is 9.57. The highest BCUT2D eigenvalue weighted by Gasteiger charge is 2.21. The Morgan fingerprint density at radius 3 is 2.56 bits per heavy atom. The van der Waals surface area contributed by atoms with Gasteiger partial charge in [-0.3, -0.25) is 4.79 Å². The van der Waals surface area contributed by atoms with Gasteiger partial charge in [-0.2, -0.15) is 0 Å². The smallest absolute Gasteiger partial charge is 0.227 e. The second-order valence-corrected chi connectivity index (χ2v) is 8.39. The first-order chi connectivity index (χ1) is 15.7. The summed E-state index contributed by atoms with van der Waals surface area (Å²) in [5.74, 6) is 0.979. The van der Waals surface area contributed by atoms with Crippen LogP contribution in [0.1, 0.15) is 56.1 Å². The summed E-state index contributed by atoms with van der Waals surface area (Å²) in [7, 11) is 0. The first-order valence-electron chi connectivity index (χ1n) is 11.8. The zero-order chi connectivity index (χ0) is 22.6. The summed E-state index contributed by atoms with van der Waals surface area (Å²) in [4.78, 5) is 17.2. The van der Waals surface area contributed by atoms with Gasteiger partial charge in [0.25, 0.3) is 0 Å². The fourth-order valence-electron chi connectivity index (χ4n) is 4.10. The fraction of sp³-hybridized carbons (Fsp3) is 0.462. The van der Waals surface area contributed by atoms with Crippen molar-refractivity contribution >= 4 is 17.6 Å². The molecule has 0 aromatic heterocycles. The number of nitrogens with zero attached hydrogens (tertiary/aromatic N) is 1. The Morgan fingerprint density at radius 2 is 1.84 bits per heavy atom. The number of carbonyl (C=O) groups is 1. The van der Waals surface area contributed by atoms with Crippen LogP contribution in [0.4, 0.5) is 5.69 Å². The van der Waals surface area contributed by atoms with Crippen molar-refractivity contribution in [3.63, 3.8) is 0 Å². The third kappa shape index (κ3) is 7.38. The minimum Gasteiger partial charge on any atom is -0.396 e. The van der Waals surface area contributed by atoms with E-state index >= 15 is 0 Å². The number of hydrogen-bond acceptors (Lipinski definition) is 3. The number of aliphatic hydroxyl groups excluding tert-OH is 1. The number of carbonyl (C=O) groups excluding carboxylic acids is 1. The van der Waals surface area contributed by atoms with Gasteiger partial charge in [-0.25, -0.2) is 4.99 Å². The van der Waals surface area contributed by atoms with Crippen LogP contribution in [0.15, 0.2) is 59.6 Å². The zero-order valence-electron chi connectivity index (χ0n) is 19.0. The van der Waals surface area contributed by atoms with Crippen LogP contribution in [-0.4, -0.2) is 36.7 Å². The maximum atomic E-state index is 12.5. The van der Waals surface area contributed by atoms with Crippen molar-refractivity contribution in [2.45, 2.75) is 51.5 Å². The van der Waals surface area contributed by atoms with E-state index in [4.69, 9.17) is 4.99 Å². The number of hydrogen-bond donors (Lipinski definition) is 4. The van der Waals surface area contributed by atoms with E-state index in [-0.39, 0.29) is 24.3 Å². The van der Waals surface area contributed by atoms with Gasteiger partial charge in [0.05, 0.1) is 13.2 Å². The molecule has 1 saturated carbocycles. The van der Waals surface area contributed by atoms with Gasteiger partial charge in [0.1, 0.15) is 0 Å². The third-order valence-electron chi connectivity index (χ3n) is 5.94. The number of rotatable bonds is 9. The number of aliphatic hydroxyl groups is 1. The molecular formula is C26H36N4O2. The summed E-state index contributed by atoms with van der Waals surface area (Å²) < 4.78 is 0. The Hall–Kier alpha value is -2.86. The molecule has 1 atom stereocenters. The minimum atomic E-state index is -0.00150.